The molecule has 7 heteroatoms. The van der Waals surface area contributed by atoms with E-state index in [1.54, 1.807) is 0 Å². The average Bonchev–Trinajstić information content (AvgIpc) is 2.27. The highest BCUT2D eigenvalue weighted by Crippen LogP contribution is 2.19. The number of hydrogen-bond acceptors (Lipinski definition) is 3. The van der Waals surface area contributed by atoms with Crippen molar-refractivity contribution in [2.45, 2.75) is 13.0 Å². The number of anilines is 1. The first-order chi connectivity index (χ1) is 8.40. The number of carboxylic acids is 1. The van der Waals surface area contributed by atoms with Gasteiger partial charge in [0, 0.05) is 18.5 Å². The predicted molar refractivity (Wildman–Crippen MR) is 65.1 cm³/mol. The molecular formula is C11H12ClFN2O3. The van der Waals surface area contributed by atoms with Crippen LogP contribution >= 0.6 is 11.6 Å². The molecule has 0 heterocycles. The Bertz CT molecular complexity index is 468. The number of carbonyl (C=O) groups is 2. The van der Waals surface area contributed by atoms with Crippen LogP contribution in [0.1, 0.15) is 6.92 Å². The molecule has 0 spiro atoms. The zero-order valence-electron chi connectivity index (χ0n) is 9.54. The largest absolute Gasteiger partial charge is 0.480 e. The number of rotatable bonds is 5. The molecule has 0 aromatic heterocycles. The van der Waals surface area contributed by atoms with Crippen molar-refractivity contribution < 1.29 is 19.1 Å². The molecule has 0 radical (unpaired) electrons. The molecule has 18 heavy (non-hydrogen) atoms. The van der Waals surface area contributed by atoms with Crippen LogP contribution in [0, 0.1) is 5.82 Å². The van der Waals surface area contributed by atoms with E-state index < -0.39 is 23.7 Å². The molecule has 0 aliphatic rings. The molecule has 1 atom stereocenters. The normalized spacial score (nSPS) is 11.7. The van der Waals surface area contributed by atoms with E-state index in [-0.39, 0.29) is 12.2 Å². The third kappa shape index (κ3) is 4.21. The van der Waals surface area contributed by atoms with Gasteiger partial charge in [-0.05, 0) is 18.2 Å². The summed E-state index contributed by atoms with van der Waals surface area (Å²) in [6.07, 6.45) is 0. The van der Waals surface area contributed by atoms with Crippen LogP contribution in [0.3, 0.4) is 0 Å². The minimum atomic E-state index is -1.21. The summed E-state index contributed by atoms with van der Waals surface area (Å²) in [5.41, 5.74) is 0.0825. The van der Waals surface area contributed by atoms with Crippen LogP contribution in [-0.2, 0) is 9.59 Å². The summed E-state index contributed by atoms with van der Waals surface area (Å²) in [5, 5.41) is 14.0. The van der Waals surface area contributed by atoms with Crippen LogP contribution in [0.2, 0.25) is 5.02 Å². The average molecular weight is 275 g/mol. The Labute approximate surface area is 108 Å². The quantitative estimate of drug-likeness (QED) is 0.760. The van der Waals surface area contributed by atoms with E-state index >= 15 is 0 Å². The number of benzene rings is 1. The van der Waals surface area contributed by atoms with Gasteiger partial charge in [-0.1, -0.05) is 11.6 Å². The number of carboxylic acid groups (broad SMARTS) is 1. The molecule has 1 rings (SSSR count). The van der Waals surface area contributed by atoms with Gasteiger partial charge in [0.05, 0.1) is 5.69 Å². The monoisotopic (exact) mass is 274 g/mol. The number of amides is 1. The highest BCUT2D eigenvalue weighted by atomic mass is 35.5. The van der Waals surface area contributed by atoms with E-state index in [0.717, 1.165) is 0 Å². The van der Waals surface area contributed by atoms with Crippen molar-refractivity contribution in [3.63, 3.8) is 0 Å². The van der Waals surface area contributed by atoms with Crippen molar-refractivity contribution in [2.24, 2.45) is 0 Å². The highest BCUT2D eigenvalue weighted by Gasteiger charge is 2.18. The van der Waals surface area contributed by atoms with E-state index in [0.29, 0.717) is 5.02 Å². The van der Waals surface area contributed by atoms with Crippen molar-refractivity contribution >= 4 is 29.2 Å². The molecule has 1 aromatic carbocycles. The lowest BCUT2D eigenvalue weighted by molar-refractivity contribution is -0.141. The fraction of sp³-hybridized carbons (Fsp3) is 0.273. The van der Waals surface area contributed by atoms with E-state index in [4.69, 9.17) is 16.7 Å². The van der Waals surface area contributed by atoms with Crippen LogP contribution < -0.4 is 10.6 Å². The van der Waals surface area contributed by atoms with Crippen LogP contribution in [-0.4, -0.2) is 29.6 Å². The number of carbonyl (C=O) groups excluding carboxylic acids is 1. The number of halogens is 2. The SMILES string of the molecule is CC(=O)NC(CNc1cc(Cl)ccc1F)C(=O)O. The number of aliphatic carboxylic acids is 1. The van der Waals surface area contributed by atoms with E-state index in [1.807, 2.05) is 0 Å². The molecule has 0 saturated heterocycles. The zero-order valence-corrected chi connectivity index (χ0v) is 10.3. The summed E-state index contributed by atoms with van der Waals surface area (Å²) in [7, 11) is 0. The fourth-order valence-corrected chi connectivity index (χ4v) is 1.46. The Hall–Kier alpha value is -1.82. The standard InChI is InChI=1S/C11H12ClFN2O3/c1-6(16)15-10(11(17)18)5-14-9-4-7(12)2-3-8(9)13/h2-4,10,14H,5H2,1H3,(H,15,16)(H,17,18). The van der Waals surface area contributed by atoms with Crippen LogP contribution in [0.4, 0.5) is 10.1 Å². The molecule has 0 aliphatic carbocycles. The van der Waals surface area contributed by atoms with Crippen LogP contribution in [0.25, 0.3) is 0 Å². The second-order valence-corrected chi connectivity index (χ2v) is 4.03. The molecule has 0 bridgehead atoms. The molecule has 0 aliphatic heterocycles. The predicted octanol–water partition coefficient (Wildman–Crippen LogP) is 1.48. The first kappa shape index (κ1) is 14.2. The molecule has 0 fully saturated rings. The van der Waals surface area contributed by atoms with Crippen molar-refractivity contribution in [3.8, 4) is 0 Å². The summed E-state index contributed by atoms with van der Waals surface area (Å²) in [5.74, 6) is -2.23. The third-order valence-corrected chi connectivity index (χ3v) is 2.34. The van der Waals surface area contributed by atoms with Gasteiger partial charge >= 0.3 is 5.97 Å². The Morgan fingerprint density at radius 2 is 2.17 bits per heavy atom. The van der Waals surface area contributed by atoms with Gasteiger partial charge in [0.25, 0.3) is 0 Å². The molecule has 1 amide bonds. The first-order valence-corrected chi connectivity index (χ1v) is 5.46. The molecule has 0 saturated carbocycles. The second kappa shape index (κ2) is 6.20. The van der Waals surface area contributed by atoms with Gasteiger partial charge < -0.3 is 15.7 Å². The maximum absolute atomic E-state index is 13.3. The van der Waals surface area contributed by atoms with Gasteiger partial charge in [0.15, 0.2) is 0 Å². The Morgan fingerprint density at radius 1 is 1.50 bits per heavy atom. The summed E-state index contributed by atoms with van der Waals surface area (Å²) in [6.45, 7) is 1.06. The maximum Gasteiger partial charge on any atom is 0.328 e. The first-order valence-electron chi connectivity index (χ1n) is 5.09. The van der Waals surface area contributed by atoms with Gasteiger partial charge in [0.1, 0.15) is 11.9 Å². The highest BCUT2D eigenvalue weighted by molar-refractivity contribution is 6.30. The van der Waals surface area contributed by atoms with E-state index in [1.165, 1.54) is 25.1 Å². The zero-order chi connectivity index (χ0) is 13.7. The summed E-state index contributed by atoms with van der Waals surface area (Å²) >= 11 is 5.69. The molecule has 3 N–H and O–H groups in total. The van der Waals surface area contributed by atoms with Gasteiger partial charge in [-0.3, -0.25) is 4.79 Å². The van der Waals surface area contributed by atoms with Crippen LogP contribution in [0.15, 0.2) is 18.2 Å². The molecule has 1 aromatic rings. The smallest absolute Gasteiger partial charge is 0.328 e. The summed E-state index contributed by atoms with van der Waals surface area (Å²) in [4.78, 5) is 21.6. The van der Waals surface area contributed by atoms with Crippen molar-refractivity contribution in [2.75, 3.05) is 11.9 Å². The Morgan fingerprint density at radius 3 is 2.72 bits per heavy atom. The second-order valence-electron chi connectivity index (χ2n) is 3.60. The Balaban J connectivity index is 2.69. The Kier molecular flexibility index (Phi) is 4.91. The van der Waals surface area contributed by atoms with Gasteiger partial charge in [-0.2, -0.15) is 0 Å². The molecule has 1 unspecified atom stereocenters. The maximum atomic E-state index is 13.3. The minimum Gasteiger partial charge on any atom is -0.480 e. The summed E-state index contributed by atoms with van der Waals surface area (Å²) in [6, 6.07) is 2.74. The lowest BCUT2D eigenvalue weighted by Crippen LogP contribution is -2.44. The molecular weight excluding hydrogens is 263 g/mol. The van der Waals surface area contributed by atoms with E-state index in [2.05, 4.69) is 10.6 Å². The van der Waals surface area contributed by atoms with Gasteiger partial charge in [-0.15, -0.1) is 0 Å². The number of nitrogens with one attached hydrogen (secondary N) is 2. The van der Waals surface area contributed by atoms with E-state index in [9.17, 15) is 14.0 Å². The van der Waals surface area contributed by atoms with Crippen molar-refractivity contribution in [1.29, 1.82) is 0 Å². The minimum absolute atomic E-state index is 0.0825. The van der Waals surface area contributed by atoms with Crippen molar-refractivity contribution in [3.05, 3.63) is 29.0 Å². The van der Waals surface area contributed by atoms with Gasteiger partial charge in [0.2, 0.25) is 5.91 Å². The van der Waals surface area contributed by atoms with Gasteiger partial charge in [-0.25, -0.2) is 9.18 Å². The third-order valence-electron chi connectivity index (χ3n) is 2.10. The lowest BCUT2D eigenvalue weighted by Gasteiger charge is -2.15. The van der Waals surface area contributed by atoms with Crippen molar-refractivity contribution in [1.82, 2.24) is 5.32 Å². The summed E-state index contributed by atoms with van der Waals surface area (Å²) < 4.78 is 13.3. The fourth-order valence-electron chi connectivity index (χ4n) is 1.29. The number of hydrogen-bond donors (Lipinski definition) is 3. The lowest BCUT2D eigenvalue weighted by atomic mass is 10.2. The van der Waals surface area contributed by atoms with Crippen LogP contribution in [0.5, 0.6) is 0 Å². The molecule has 98 valence electrons. The topological polar surface area (TPSA) is 78.4 Å². The molecule has 5 nitrogen and oxygen atoms in total.